The molecule has 118 valence electrons. The summed E-state index contributed by atoms with van der Waals surface area (Å²) in [4.78, 5) is 14.1. The van der Waals surface area contributed by atoms with Crippen LogP contribution < -0.4 is 0 Å². The van der Waals surface area contributed by atoms with Gasteiger partial charge in [0.05, 0.1) is 22.7 Å². The molecule has 0 saturated heterocycles. The Morgan fingerprint density at radius 1 is 1.27 bits per heavy atom. The van der Waals surface area contributed by atoms with Crippen molar-refractivity contribution < 1.29 is 19.4 Å². The number of phenols is 2. The molecule has 0 fully saturated rings. The van der Waals surface area contributed by atoms with E-state index in [1.54, 1.807) is 17.0 Å². The van der Waals surface area contributed by atoms with Gasteiger partial charge in [-0.05, 0) is 47.5 Å². The van der Waals surface area contributed by atoms with Crippen molar-refractivity contribution in [2.24, 2.45) is 0 Å². The molecule has 2 N–H and O–H groups in total. The third-order valence-corrected chi connectivity index (χ3v) is 4.42. The summed E-state index contributed by atoms with van der Waals surface area (Å²) in [5.74, 6) is 0.122. The third-order valence-electron chi connectivity index (χ3n) is 3.53. The van der Waals surface area contributed by atoms with Crippen LogP contribution in [0.3, 0.4) is 0 Å². The zero-order valence-corrected chi connectivity index (χ0v) is 14.1. The van der Waals surface area contributed by atoms with Crippen LogP contribution in [0.2, 0.25) is 0 Å². The topological polar surface area (TPSA) is 73.9 Å². The van der Waals surface area contributed by atoms with Crippen LogP contribution in [0.25, 0.3) is 11.3 Å². The smallest absolute Gasteiger partial charge is 0.227 e. The number of likely N-dealkylation sites (N-methyl/N-ethyl adjacent to an activating group) is 1. The number of phenolic OH excluding ortho intramolecular Hbond substituents is 2. The van der Waals surface area contributed by atoms with Crippen LogP contribution in [-0.4, -0.2) is 34.1 Å². The van der Waals surface area contributed by atoms with Crippen molar-refractivity contribution in [3.8, 4) is 22.8 Å². The first-order chi connectivity index (χ1) is 10.5. The van der Waals surface area contributed by atoms with E-state index >= 15 is 0 Å². The molecule has 6 heteroatoms. The minimum Gasteiger partial charge on any atom is -0.507 e. The Kier molecular flexibility index (Phi) is 5.13. The van der Waals surface area contributed by atoms with Crippen molar-refractivity contribution in [3.63, 3.8) is 0 Å². The fraction of sp³-hybridized carbons (Fsp3) is 0.312. The molecule has 1 aromatic heterocycles. The molecule has 1 amide bonds. The lowest BCUT2D eigenvalue weighted by Gasteiger charge is -2.20. The van der Waals surface area contributed by atoms with Crippen LogP contribution in [0.4, 0.5) is 0 Å². The maximum atomic E-state index is 12.4. The molecule has 1 heterocycles. The number of rotatable bonds is 5. The van der Waals surface area contributed by atoms with Crippen molar-refractivity contribution in [2.75, 3.05) is 13.1 Å². The molecule has 0 spiro atoms. The molecule has 0 aliphatic heterocycles. The normalized spacial score (nSPS) is 10.7. The monoisotopic (exact) mass is 367 g/mol. The fourth-order valence-corrected chi connectivity index (χ4v) is 2.84. The maximum Gasteiger partial charge on any atom is 0.227 e. The number of hydrogen-bond acceptors (Lipinski definition) is 4. The first-order valence-electron chi connectivity index (χ1n) is 7.04. The second-order valence-electron chi connectivity index (χ2n) is 4.80. The van der Waals surface area contributed by atoms with E-state index in [9.17, 15) is 15.0 Å². The molecule has 2 rings (SSSR count). The van der Waals surface area contributed by atoms with Gasteiger partial charge in [0.25, 0.3) is 0 Å². The van der Waals surface area contributed by atoms with Gasteiger partial charge >= 0.3 is 0 Å². The minimum absolute atomic E-state index is 0.0558. The molecule has 5 nitrogen and oxygen atoms in total. The van der Waals surface area contributed by atoms with Gasteiger partial charge in [-0.25, -0.2) is 0 Å². The lowest BCUT2D eigenvalue weighted by molar-refractivity contribution is -0.130. The van der Waals surface area contributed by atoms with Gasteiger partial charge in [-0.15, -0.1) is 0 Å². The first-order valence-corrected chi connectivity index (χ1v) is 7.83. The van der Waals surface area contributed by atoms with Crippen LogP contribution in [0, 0.1) is 0 Å². The highest BCUT2D eigenvalue weighted by Gasteiger charge is 2.23. The Morgan fingerprint density at radius 2 is 1.95 bits per heavy atom. The van der Waals surface area contributed by atoms with E-state index in [0.717, 1.165) is 0 Å². The van der Waals surface area contributed by atoms with Gasteiger partial charge in [0.2, 0.25) is 5.91 Å². The molecule has 0 aliphatic carbocycles. The number of furan rings is 1. The number of aromatic hydroxyl groups is 2. The summed E-state index contributed by atoms with van der Waals surface area (Å²) in [6.45, 7) is 5.02. The van der Waals surface area contributed by atoms with E-state index in [4.69, 9.17) is 4.42 Å². The number of hydrogen-bond donors (Lipinski definition) is 2. The number of benzene rings is 1. The average Bonchev–Trinajstić information content (AvgIpc) is 2.99. The lowest BCUT2D eigenvalue weighted by Crippen LogP contribution is -2.32. The Morgan fingerprint density at radius 3 is 2.50 bits per heavy atom. The molecule has 0 aliphatic rings. The number of carbonyl (C=O) groups excluding carboxylic acids is 1. The highest BCUT2D eigenvalue weighted by atomic mass is 79.9. The van der Waals surface area contributed by atoms with E-state index in [1.807, 2.05) is 13.8 Å². The molecule has 1 aromatic carbocycles. The van der Waals surface area contributed by atoms with E-state index in [-0.39, 0.29) is 23.8 Å². The number of carbonyl (C=O) groups is 1. The van der Waals surface area contributed by atoms with Gasteiger partial charge < -0.3 is 19.5 Å². The van der Waals surface area contributed by atoms with Crippen LogP contribution in [0.1, 0.15) is 19.4 Å². The van der Waals surface area contributed by atoms with E-state index in [2.05, 4.69) is 15.9 Å². The number of amides is 1. The summed E-state index contributed by atoms with van der Waals surface area (Å²) in [6.07, 6.45) is 1.55. The summed E-state index contributed by atoms with van der Waals surface area (Å²) in [5, 5.41) is 20.1. The van der Waals surface area contributed by atoms with Crippen molar-refractivity contribution in [2.45, 2.75) is 20.3 Å². The highest BCUT2D eigenvalue weighted by molar-refractivity contribution is 9.10. The van der Waals surface area contributed by atoms with Crippen LogP contribution in [0.15, 0.2) is 33.4 Å². The van der Waals surface area contributed by atoms with E-state index in [1.165, 1.54) is 12.3 Å². The van der Waals surface area contributed by atoms with Gasteiger partial charge in [0.15, 0.2) is 0 Å². The number of halogens is 1. The molecular weight excluding hydrogens is 350 g/mol. The molecule has 22 heavy (non-hydrogen) atoms. The third kappa shape index (κ3) is 3.11. The summed E-state index contributed by atoms with van der Waals surface area (Å²) in [7, 11) is 0. The average molecular weight is 368 g/mol. The minimum atomic E-state index is -0.127. The molecule has 0 atom stereocenters. The Balaban J connectivity index is 2.52. The molecule has 2 aromatic rings. The Bertz CT molecular complexity index is 663. The quantitative estimate of drug-likeness (QED) is 0.847. The number of nitrogens with zero attached hydrogens (tertiary/aromatic N) is 1. The molecule has 0 bridgehead atoms. The van der Waals surface area contributed by atoms with Crippen LogP contribution >= 0.6 is 15.9 Å². The SMILES string of the molecule is CCN(CC)C(=O)Cc1c(Br)c(O)cc(O)c1-c1ccco1. The Labute approximate surface area is 137 Å². The fourth-order valence-electron chi connectivity index (χ4n) is 2.39. The van der Waals surface area contributed by atoms with Crippen molar-refractivity contribution in [1.82, 2.24) is 4.90 Å². The van der Waals surface area contributed by atoms with Gasteiger partial charge in [0.1, 0.15) is 17.3 Å². The summed E-state index contributed by atoms with van der Waals surface area (Å²) in [5.41, 5.74) is 0.916. The molecule has 0 saturated carbocycles. The summed E-state index contributed by atoms with van der Waals surface area (Å²) >= 11 is 3.30. The maximum absolute atomic E-state index is 12.4. The van der Waals surface area contributed by atoms with Crippen LogP contribution in [0.5, 0.6) is 11.5 Å². The second kappa shape index (κ2) is 6.87. The highest BCUT2D eigenvalue weighted by Crippen LogP contribution is 2.42. The zero-order chi connectivity index (χ0) is 16.3. The standard InChI is InChI=1S/C16H18BrNO4/c1-3-18(4-2)14(21)8-10-15(13-6-5-7-22-13)11(19)9-12(20)16(10)17/h5-7,9,19-20H,3-4,8H2,1-2H3. The predicted molar refractivity (Wildman–Crippen MR) is 86.8 cm³/mol. The van der Waals surface area contributed by atoms with E-state index < -0.39 is 0 Å². The van der Waals surface area contributed by atoms with Crippen LogP contribution in [-0.2, 0) is 11.2 Å². The zero-order valence-electron chi connectivity index (χ0n) is 12.5. The predicted octanol–water partition coefficient (Wildman–Crippen LogP) is 3.53. The largest absolute Gasteiger partial charge is 0.507 e. The molecule has 0 radical (unpaired) electrons. The van der Waals surface area contributed by atoms with Gasteiger partial charge in [0, 0.05) is 19.2 Å². The van der Waals surface area contributed by atoms with Gasteiger partial charge in [-0.1, -0.05) is 0 Å². The van der Waals surface area contributed by atoms with Crippen molar-refractivity contribution >= 4 is 21.8 Å². The first kappa shape index (κ1) is 16.4. The second-order valence-corrected chi connectivity index (χ2v) is 5.60. The van der Waals surface area contributed by atoms with Crippen molar-refractivity contribution in [1.29, 1.82) is 0 Å². The summed E-state index contributed by atoms with van der Waals surface area (Å²) in [6, 6.07) is 4.63. The van der Waals surface area contributed by atoms with Gasteiger partial charge in [-0.3, -0.25) is 4.79 Å². The Hall–Kier alpha value is -1.95. The van der Waals surface area contributed by atoms with E-state index in [0.29, 0.717) is 34.4 Å². The molecular formula is C16H18BrNO4. The van der Waals surface area contributed by atoms with Gasteiger partial charge in [-0.2, -0.15) is 0 Å². The summed E-state index contributed by atoms with van der Waals surface area (Å²) < 4.78 is 5.73. The van der Waals surface area contributed by atoms with Crippen molar-refractivity contribution in [3.05, 3.63) is 34.5 Å². The lowest BCUT2D eigenvalue weighted by atomic mass is 10.00. The molecule has 0 unspecified atom stereocenters.